The minimum absolute atomic E-state index is 0.00665. The molecule has 0 saturated heterocycles. The van der Waals surface area contributed by atoms with Gasteiger partial charge in [-0.3, -0.25) is 14.3 Å². The van der Waals surface area contributed by atoms with Gasteiger partial charge >= 0.3 is 5.97 Å². The van der Waals surface area contributed by atoms with Gasteiger partial charge in [-0.2, -0.15) is 5.10 Å². The van der Waals surface area contributed by atoms with Crippen molar-refractivity contribution in [3.05, 3.63) is 81.1 Å². The molecule has 14 heteroatoms. The van der Waals surface area contributed by atoms with Crippen LogP contribution in [-0.2, 0) is 28.0 Å². The number of nitrogens with two attached hydrogens (primary N) is 1. The van der Waals surface area contributed by atoms with E-state index in [2.05, 4.69) is 25.4 Å². The summed E-state index contributed by atoms with van der Waals surface area (Å²) in [6.07, 6.45) is 0.157. The minimum atomic E-state index is -1.35. The Hall–Kier alpha value is -4.85. The van der Waals surface area contributed by atoms with Crippen LogP contribution in [0.2, 0.25) is 0 Å². The molecule has 4 heterocycles. The van der Waals surface area contributed by atoms with Gasteiger partial charge < -0.3 is 16.2 Å². The highest BCUT2D eigenvalue weighted by atomic mass is 32.1. The van der Waals surface area contributed by atoms with Crippen LogP contribution in [0.1, 0.15) is 42.6 Å². The van der Waals surface area contributed by atoms with Crippen LogP contribution in [0, 0.1) is 22.9 Å². The van der Waals surface area contributed by atoms with Crippen molar-refractivity contribution in [1.82, 2.24) is 24.7 Å². The second-order valence-corrected chi connectivity index (χ2v) is 12.0. The molecule has 1 aliphatic heterocycles. The van der Waals surface area contributed by atoms with E-state index in [1.165, 1.54) is 46.4 Å². The fraction of sp³-hybridized carbons (Fsp3) is 0.241. The molecule has 4 N–H and O–H groups in total. The maximum Gasteiger partial charge on any atom is 0.309 e. The summed E-state index contributed by atoms with van der Waals surface area (Å²) in [4.78, 5) is 38.6. The van der Waals surface area contributed by atoms with E-state index in [0.29, 0.717) is 21.7 Å². The molecule has 1 amide bonds. The third-order valence-corrected chi connectivity index (χ3v) is 8.69. The zero-order valence-electron chi connectivity index (χ0n) is 23.1. The average Bonchev–Trinajstić information content (AvgIpc) is 3.61. The Bertz CT molecular complexity index is 1970. The average molecular weight is 608 g/mol. The summed E-state index contributed by atoms with van der Waals surface area (Å²) in [5.74, 6) is -3.90. The molecule has 5 aromatic rings. The molecule has 10 nitrogen and oxygen atoms in total. The Balaban J connectivity index is 1.42. The lowest BCUT2D eigenvalue weighted by Crippen LogP contribution is -2.33. The van der Waals surface area contributed by atoms with Gasteiger partial charge in [-0.15, -0.1) is 11.3 Å². The first-order chi connectivity index (χ1) is 20.3. The van der Waals surface area contributed by atoms with Crippen molar-refractivity contribution in [3.63, 3.8) is 0 Å². The number of nitrogens with zero attached hydrogens (tertiary/aromatic N) is 5. The van der Waals surface area contributed by atoms with Crippen LogP contribution in [-0.4, -0.2) is 41.7 Å². The molecule has 43 heavy (non-hydrogen) atoms. The van der Waals surface area contributed by atoms with Gasteiger partial charge in [0.1, 0.15) is 33.6 Å². The summed E-state index contributed by atoms with van der Waals surface area (Å²) in [6.45, 7) is 4.62. The summed E-state index contributed by atoms with van der Waals surface area (Å²) in [5.41, 5.74) is 5.33. The molecule has 0 radical (unpaired) electrons. The predicted octanol–water partition coefficient (Wildman–Crippen LogP) is 4.91. The summed E-state index contributed by atoms with van der Waals surface area (Å²) in [7, 11) is 0. The number of fused-ring (bicyclic) bond motifs is 2. The number of aliphatic carboxylic acids is 1. The Morgan fingerprint density at radius 1 is 1.16 bits per heavy atom. The van der Waals surface area contributed by atoms with Gasteiger partial charge in [0.2, 0.25) is 5.91 Å². The number of hydrogen-bond acceptors (Lipinski definition) is 8. The maximum absolute atomic E-state index is 14.5. The second-order valence-electron chi connectivity index (χ2n) is 11.1. The van der Waals surface area contributed by atoms with Crippen molar-refractivity contribution in [2.75, 3.05) is 11.1 Å². The second kappa shape index (κ2) is 9.87. The van der Waals surface area contributed by atoms with E-state index in [4.69, 9.17) is 5.73 Å². The number of carbonyl (C=O) groups is 2. The van der Waals surface area contributed by atoms with Crippen LogP contribution in [0.15, 0.2) is 41.8 Å². The van der Waals surface area contributed by atoms with E-state index in [0.717, 1.165) is 6.07 Å². The van der Waals surface area contributed by atoms with Gasteiger partial charge in [-0.25, -0.2) is 28.1 Å². The first-order valence-corrected chi connectivity index (χ1v) is 13.9. The smallest absolute Gasteiger partial charge is 0.309 e. The van der Waals surface area contributed by atoms with E-state index in [9.17, 15) is 27.9 Å². The molecule has 0 spiro atoms. The van der Waals surface area contributed by atoms with Gasteiger partial charge in [-0.1, -0.05) is 12.1 Å². The molecule has 1 unspecified atom stereocenters. The number of thiazole rings is 1. The van der Waals surface area contributed by atoms with Crippen molar-refractivity contribution in [3.8, 4) is 11.5 Å². The van der Waals surface area contributed by atoms with E-state index < -0.39 is 40.2 Å². The van der Waals surface area contributed by atoms with Gasteiger partial charge in [0.05, 0.1) is 28.7 Å². The molecule has 1 atom stereocenters. The van der Waals surface area contributed by atoms with Crippen molar-refractivity contribution in [1.29, 1.82) is 0 Å². The number of amides is 1. The number of carboxylic acid groups (broad SMARTS) is 1. The Morgan fingerprint density at radius 2 is 1.93 bits per heavy atom. The van der Waals surface area contributed by atoms with Gasteiger partial charge in [0, 0.05) is 22.8 Å². The molecule has 1 aliphatic rings. The van der Waals surface area contributed by atoms with E-state index in [1.807, 2.05) is 0 Å². The van der Waals surface area contributed by atoms with E-state index in [-0.39, 0.29) is 47.2 Å². The molecule has 0 bridgehead atoms. The van der Waals surface area contributed by atoms with Crippen molar-refractivity contribution in [2.45, 2.75) is 39.2 Å². The number of nitrogen functional groups attached to an aromatic ring is 1. The van der Waals surface area contributed by atoms with E-state index >= 15 is 0 Å². The first-order valence-electron chi connectivity index (χ1n) is 13.1. The fourth-order valence-electron chi connectivity index (χ4n) is 5.13. The molecule has 3 aromatic heterocycles. The monoisotopic (exact) mass is 607 g/mol. The number of nitrogens with one attached hydrogen (secondary N) is 1. The van der Waals surface area contributed by atoms with Crippen molar-refractivity contribution in [2.24, 2.45) is 5.41 Å². The van der Waals surface area contributed by atoms with Gasteiger partial charge in [0.25, 0.3) is 0 Å². The predicted molar refractivity (Wildman–Crippen MR) is 153 cm³/mol. The number of hydrogen-bond donors (Lipinski definition) is 3. The van der Waals surface area contributed by atoms with Crippen LogP contribution in [0.5, 0.6) is 0 Å². The third kappa shape index (κ3) is 4.58. The maximum atomic E-state index is 14.5. The van der Waals surface area contributed by atoms with Crippen molar-refractivity contribution >= 4 is 45.8 Å². The Labute approximate surface area is 246 Å². The standard InChI is InChI=1S/C29H24F3N7O3S/c1-28(2,27(41)42)10-15-12-43-26(34-15)29(3)19-22(33)35-24(36-23(19)37-25(29)40)21-16-8-7-14(30)9-18(16)39(38-21)11-13-5-4-6-17(31)20(13)32/h4-9,12H,10-11H2,1-3H3,(H,41,42)(H3,33,35,36,37,40). The lowest BCUT2D eigenvalue weighted by Gasteiger charge is -2.20. The van der Waals surface area contributed by atoms with Gasteiger partial charge in [0.15, 0.2) is 17.5 Å². The number of carbonyl (C=O) groups excluding carboxylic acids is 1. The number of halogens is 3. The van der Waals surface area contributed by atoms with Crippen LogP contribution in [0.3, 0.4) is 0 Å². The minimum Gasteiger partial charge on any atom is -0.481 e. The summed E-state index contributed by atoms with van der Waals surface area (Å²) in [6, 6.07) is 7.67. The highest BCUT2D eigenvalue weighted by Crippen LogP contribution is 2.46. The highest BCUT2D eigenvalue weighted by Gasteiger charge is 2.50. The first kappa shape index (κ1) is 28.3. The number of benzene rings is 2. The normalized spacial score (nSPS) is 16.5. The van der Waals surface area contributed by atoms with E-state index in [1.54, 1.807) is 26.2 Å². The molecular formula is C29H24F3N7O3S. The number of rotatable bonds is 7. The highest BCUT2D eigenvalue weighted by molar-refractivity contribution is 7.10. The largest absolute Gasteiger partial charge is 0.481 e. The number of anilines is 2. The van der Waals surface area contributed by atoms with Gasteiger partial charge in [-0.05, 0) is 45.0 Å². The summed E-state index contributed by atoms with van der Waals surface area (Å²) >= 11 is 1.20. The topological polar surface area (TPSA) is 149 Å². The lowest BCUT2D eigenvalue weighted by atomic mass is 9.85. The fourth-order valence-corrected chi connectivity index (χ4v) is 6.11. The molecule has 6 rings (SSSR count). The molecule has 0 aliphatic carbocycles. The zero-order valence-corrected chi connectivity index (χ0v) is 23.9. The summed E-state index contributed by atoms with van der Waals surface area (Å²) < 4.78 is 43.9. The Morgan fingerprint density at radius 3 is 2.67 bits per heavy atom. The van der Waals surface area contributed by atoms with Crippen LogP contribution in [0.4, 0.5) is 24.8 Å². The SMILES string of the molecule is CC(C)(Cc1csc(C2(C)C(=O)Nc3nc(-c4nn(Cc5cccc(F)c5F)c5cc(F)ccc45)nc(N)c32)n1)C(=O)O. The molecule has 0 saturated carbocycles. The quantitative estimate of drug-likeness (QED) is 0.236. The molecule has 2 aromatic carbocycles. The molecule has 220 valence electrons. The number of aromatic nitrogens is 5. The summed E-state index contributed by atoms with van der Waals surface area (Å²) in [5, 5.41) is 19.3. The Kier molecular flexibility index (Phi) is 6.49. The third-order valence-electron chi connectivity index (χ3n) is 7.58. The molecule has 0 fully saturated rings. The van der Waals surface area contributed by atoms with Crippen LogP contribution >= 0.6 is 11.3 Å². The lowest BCUT2D eigenvalue weighted by molar-refractivity contribution is -0.146. The molecular weight excluding hydrogens is 583 g/mol. The zero-order chi connectivity index (χ0) is 30.8. The van der Waals surface area contributed by atoms with Crippen molar-refractivity contribution < 1.29 is 27.9 Å². The van der Waals surface area contributed by atoms with Crippen LogP contribution in [0.25, 0.3) is 22.4 Å². The number of carboxylic acids is 1. The van der Waals surface area contributed by atoms with Crippen LogP contribution < -0.4 is 11.1 Å².